The molecule has 0 saturated carbocycles. The zero-order valence-electron chi connectivity index (χ0n) is 11.6. The minimum atomic E-state index is -0.502. The molecule has 6 heteroatoms. The molecule has 2 aromatic rings. The molecule has 21 heavy (non-hydrogen) atoms. The summed E-state index contributed by atoms with van der Waals surface area (Å²) >= 11 is 7.34. The zero-order chi connectivity index (χ0) is 15.4. The Hall–Kier alpha value is -1.85. The maximum atomic E-state index is 11.7. The van der Waals surface area contributed by atoms with Gasteiger partial charge in [-0.15, -0.1) is 11.3 Å². The number of halogens is 1. The topological polar surface area (TPSA) is 55.4 Å². The van der Waals surface area contributed by atoms with Crippen molar-refractivity contribution in [3.63, 3.8) is 0 Å². The molecular formula is C15H14ClNO3S. The van der Waals surface area contributed by atoms with Crippen molar-refractivity contribution in [2.24, 2.45) is 0 Å². The number of hydrogen-bond acceptors (Lipinski definition) is 4. The van der Waals surface area contributed by atoms with Crippen LogP contribution in [0.3, 0.4) is 0 Å². The van der Waals surface area contributed by atoms with E-state index in [0.717, 1.165) is 10.4 Å². The second-order valence-electron chi connectivity index (χ2n) is 4.52. The van der Waals surface area contributed by atoms with Gasteiger partial charge in [0.15, 0.2) is 6.61 Å². The van der Waals surface area contributed by atoms with Crippen LogP contribution in [0.4, 0.5) is 5.69 Å². The fourth-order valence-corrected chi connectivity index (χ4v) is 2.70. The summed E-state index contributed by atoms with van der Waals surface area (Å²) in [5.41, 5.74) is 1.49. The summed E-state index contributed by atoms with van der Waals surface area (Å²) in [5, 5.41) is 3.05. The summed E-state index contributed by atoms with van der Waals surface area (Å²) in [6.07, 6.45) is 0. The highest BCUT2D eigenvalue weighted by Crippen LogP contribution is 2.22. The molecule has 0 aliphatic rings. The van der Waals surface area contributed by atoms with Gasteiger partial charge in [-0.05, 0) is 43.7 Å². The first kappa shape index (κ1) is 15.5. The molecule has 0 bridgehead atoms. The van der Waals surface area contributed by atoms with Gasteiger partial charge in [-0.1, -0.05) is 17.7 Å². The number of thiophene rings is 1. The minimum absolute atomic E-state index is 0.347. The Morgan fingerprint density at radius 3 is 2.62 bits per heavy atom. The molecule has 0 aliphatic carbocycles. The van der Waals surface area contributed by atoms with E-state index in [9.17, 15) is 9.59 Å². The number of benzene rings is 1. The van der Waals surface area contributed by atoms with E-state index in [-0.39, 0.29) is 6.61 Å². The van der Waals surface area contributed by atoms with Crippen molar-refractivity contribution in [1.29, 1.82) is 0 Å². The molecule has 110 valence electrons. The second-order valence-corrected chi connectivity index (χ2v) is 6.21. The molecule has 0 radical (unpaired) electrons. The monoisotopic (exact) mass is 323 g/mol. The van der Waals surface area contributed by atoms with Gasteiger partial charge in [-0.3, -0.25) is 4.79 Å². The largest absolute Gasteiger partial charge is 0.451 e. The Kier molecular flexibility index (Phi) is 4.98. The number of esters is 1. The Labute approximate surface area is 131 Å². The first-order valence-corrected chi connectivity index (χ1v) is 7.45. The number of carbonyl (C=O) groups is 2. The van der Waals surface area contributed by atoms with Gasteiger partial charge in [0.2, 0.25) is 0 Å². The van der Waals surface area contributed by atoms with Gasteiger partial charge >= 0.3 is 5.97 Å². The van der Waals surface area contributed by atoms with E-state index >= 15 is 0 Å². The lowest BCUT2D eigenvalue weighted by atomic mass is 10.2. The van der Waals surface area contributed by atoms with Crippen molar-refractivity contribution in [1.82, 2.24) is 0 Å². The zero-order valence-corrected chi connectivity index (χ0v) is 13.2. The lowest BCUT2D eigenvalue weighted by Crippen LogP contribution is -2.20. The van der Waals surface area contributed by atoms with Crippen LogP contribution in [0.1, 0.15) is 20.1 Å². The van der Waals surface area contributed by atoms with Crippen LogP contribution >= 0.6 is 22.9 Å². The molecule has 1 aromatic carbocycles. The summed E-state index contributed by atoms with van der Waals surface area (Å²) in [4.78, 5) is 24.9. The van der Waals surface area contributed by atoms with E-state index in [0.29, 0.717) is 15.6 Å². The van der Waals surface area contributed by atoms with Gasteiger partial charge in [0.25, 0.3) is 5.91 Å². The van der Waals surface area contributed by atoms with Crippen LogP contribution in [0.5, 0.6) is 0 Å². The molecule has 0 aliphatic heterocycles. The van der Waals surface area contributed by atoms with E-state index in [2.05, 4.69) is 5.32 Å². The van der Waals surface area contributed by atoms with Crippen molar-refractivity contribution < 1.29 is 14.3 Å². The van der Waals surface area contributed by atoms with Crippen molar-refractivity contribution in [3.8, 4) is 0 Å². The van der Waals surface area contributed by atoms with Crippen LogP contribution in [-0.4, -0.2) is 18.5 Å². The number of hydrogen-bond donors (Lipinski definition) is 1. The molecule has 0 unspecified atom stereocenters. The van der Waals surface area contributed by atoms with Crippen LogP contribution in [0.15, 0.2) is 30.3 Å². The van der Waals surface area contributed by atoms with Gasteiger partial charge < -0.3 is 10.1 Å². The maximum Gasteiger partial charge on any atom is 0.348 e. The van der Waals surface area contributed by atoms with E-state index < -0.39 is 11.9 Å². The highest BCUT2D eigenvalue weighted by Gasteiger charge is 2.12. The SMILES string of the molecule is Cc1ccc(NC(=O)COC(=O)c2ccc(C)s2)c(Cl)c1. The van der Waals surface area contributed by atoms with Crippen molar-refractivity contribution in [2.75, 3.05) is 11.9 Å². The molecule has 1 N–H and O–H groups in total. The number of anilines is 1. The van der Waals surface area contributed by atoms with Crippen LogP contribution in [-0.2, 0) is 9.53 Å². The average Bonchev–Trinajstić information content (AvgIpc) is 2.86. The van der Waals surface area contributed by atoms with Crippen LogP contribution in [0, 0.1) is 13.8 Å². The molecule has 1 amide bonds. The summed E-state index contributed by atoms with van der Waals surface area (Å²) in [6, 6.07) is 8.80. The van der Waals surface area contributed by atoms with E-state index in [4.69, 9.17) is 16.3 Å². The first-order valence-electron chi connectivity index (χ1n) is 6.25. The van der Waals surface area contributed by atoms with Crippen LogP contribution in [0.2, 0.25) is 5.02 Å². The van der Waals surface area contributed by atoms with E-state index in [1.54, 1.807) is 18.2 Å². The van der Waals surface area contributed by atoms with Gasteiger partial charge in [-0.2, -0.15) is 0 Å². The highest BCUT2D eigenvalue weighted by atomic mass is 35.5. The third-order valence-electron chi connectivity index (χ3n) is 2.67. The van der Waals surface area contributed by atoms with E-state index in [1.165, 1.54) is 11.3 Å². The third kappa shape index (κ3) is 4.31. The van der Waals surface area contributed by atoms with Crippen molar-refractivity contribution in [3.05, 3.63) is 50.7 Å². The van der Waals surface area contributed by atoms with Crippen LogP contribution < -0.4 is 5.32 Å². The Morgan fingerprint density at radius 2 is 2.00 bits per heavy atom. The summed E-state index contributed by atoms with van der Waals surface area (Å²) < 4.78 is 4.96. The Bertz CT molecular complexity index is 681. The molecule has 0 fully saturated rings. The van der Waals surface area contributed by atoms with Gasteiger partial charge in [0.1, 0.15) is 4.88 Å². The quantitative estimate of drug-likeness (QED) is 0.870. The minimum Gasteiger partial charge on any atom is -0.451 e. The molecular weight excluding hydrogens is 310 g/mol. The third-order valence-corrected chi connectivity index (χ3v) is 3.97. The fraction of sp³-hybridized carbons (Fsp3) is 0.200. The van der Waals surface area contributed by atoms with Crippen LogP contribution in [0.25, 0.3) is 0 Å². The van der Waals surface area contributed by atoms with Gasteiger partial charge in [0.05, 0.1) is 10.7 Å². The predicted octanol–water partition coefficient (Wildman–Crippen LogP) is 3.81. The van der Waals surface area contributed by atoms with E-state index in [1.807, 2.05) is 26.0 Å². The van der Waals surface area contributed by atoms with Crippen molar-refractivity contribution >= 4 is 40.5 Å². The molecule has 2 rings (SSSR count). The second kappa shape index (κ2) is 6.74. The molecule has 1 heterocycles. The lowest BCUT2D eigenvalue weighted by Gasteiger charge is -2.08. The lowest BCUT2D eigenvalue weighted by molar-refractivity contribution is -0.119. The Morgan fingerprint density at radius 1 is 1.24 bits per heavy atom. The van der Waals surface area contributed by atoms with Gasteiger partial charge in [-0.25, -0.2) is 4.79 Å². The van der Waals surface area contributed by atoms with Gasteiger partial charge in [0, 0.05) is 4.88 Å². The number of carbonyl (C=O) groups excluding carboxylic acids is 2. The standard InChI is InChI=1S/C15H14ClNO3S/c1-9-3-5-12(11(16)7-9)17-14(18)8-20-15(19)13-6-4-10(2)21-13/h3-7H,8H2,1-2H3,(H,17,18). The normalized spacial score (nSPS) is 10.2. The summed E-state index contributed by atoms with van der Waals surface area (Å²) in [6.45, 7) is 3.45. The summed E-state index contributed by atoms with van der Waals surface area (Å²) in [7, 11) is 0. The number of rotatable bonds is 4. The molecule has 0 saturated heterocycles. The molecule has 0 spiro atoms. The molecule has 0 atom stereocenters. The Balaban J connectivity index is 1.89. The number of nitrogens with one attached hydrogen (secondary N) is 1. The predicted molar refractivity (Wildman–Crippen MR) is 84.2 cm³/mol. The van der Waals surface area contributed by atoms with Crippen molar-refractivity contribution in [2.45, 2.75) is 13.8 Å². The number of aryl methyl sites for hydroxylation is 2. The molecule has 1 aromatic heterocycles. The summed E-state index contributed by atoms with van der Waals surface area (Å²) in [5.74, 6) is -0.930. The average molecular weight is 324 g/mol. The first-order chi connectivity index (χ1) is 9.95. The highest BCUT2D eigenvalue weighted by molar-refractivity contribution is 7.13. The smallest absolute Gasteiger partial charge is 0.348 e. The number of amides is 1. The molecule has 4 nitrogen and oxygen atoms in total. The fourth-order valence-electron chi connectivity index (χ4n) is 1.65. The maximum absolute atomic E-state index is 11.7. The number of ether oxygens (including phenoxy) is 1.